The predicted molar refractivity (Wildman–Crippen MR) is 133 cm³/mol. The highest BCUT2D eigenvalue weighted by molar-refractivity contribution is 14.0. The second kappa shape index (κ2) is 12.6. The molecule has 0 bridgehead atoms. The fraction of sp³-hybridized carbons (Fsp3) is 0.727. The number of nitrogens with one attached hydrogen (secondary N) is 2. The van der Waals surface area contributed by atoms with Crippen LogP contribution in [0.15, 0.2) is 23.3 Å². The summed E-state index contributed by atoms with van der Waals surface area (Å²) in [5, 5.41) is 7.06. The molecule has 3 heterocycles. The number of piperidine rings is 2. The van der Waals surface area contributed by atoms with Gasteiger partial charge in [-0.05, 0) is 70.6 Å². The van der Waals surface area contributed by atoms with Crippen molar-refractivity contribution in [2.75, 3.05) is 37.6 Å². The normalized spacial score (nSPS) is 19.2. The fourth-order valence-electron chi connectivity index (χ4n) is 4.10. The lowest BCUT2D eigenvalue weighted by Crippen LogP contribution is -2.49. The molecule has 2 fully saturated rings. The van der Waals surface area contributed by atoms with Gasteiger partial charge in [-0.2, -0.15) is 0 Å². The quantitative estimate of drug-likeness (QED) is 0.345. The van der Waals surface area contributed by atoms with Gasteiger partial charge < -0.3 is 20.4 Å². The van der Waals surface area contributed by atoms with Gasteiger partial charge in [0.05, 0.1) is 6.54 Å². The number of hydrogen-bond acceptors (Lipinski definition) is 4. The predicted octanol–water partition coefficient (Wildman–Crippen LogP) is 3.62. The Morgan fingerprint density at radius 1 is 1.17 bits per heavy atom. The van der Waals surface area contributed by atoms with Crippen LogP contribution in [0.3, 0.4) is 0 Å². The zero-order chi connectivity index (χ0) is 19.8. The third-order valence-corrected chi connectivity index (χ3v) is 5.85. The van der Waals surface area contributed by atoms with Crippen LogP contribution in [0.5, 0.6) is 0 Å². The van der Waals surface area contributed by atoms with E-state index in [9.17, 15) is 0 Å². The minimum absolute atomic E-state index is 0. The van der Waals surface area contributed by atoms with Gasteiger partial charge in [0.2, 0.25) is 0 Å². The summed E-state index contributed by atoms with van der Waals surface area (Å²) in [5.74, 6) is 2.04. The first-order valence-corrected chi connectivity index (χ1v) is 11.1. The van der Waals surface area contributed by atoms with Crippen LogP contribution in [0.4, 0.5) is 5.82 Å². The highest BCUT2D eigenvalue weighted by Gasteiger charge is 2.21. The van der Waals surface area contributed by atoms with Gasteiger partial charge in [-0.3, -0.25) is 0 Å². The first-order chi connectivity index (χ1) is 13.7. The van der Waals surface area contributed by atoms with Crippen LogP contribution in [0.25, 0.3) is 0 Å². The molecule has 29 heavy (non-hydrogen) atoms. The summed E-state index contributed by atoms with van der Waals surface area (Å²) in [4.78, 5) is 14.4. The number of pyridine rings is 1. The standard InChI is InChI=1S/C22H38N6.HI/c1-4-23-22(26-20-9-14-27(15-10-20)18(2)3)25-17-19-8-11-24-21(16-19)28-12-6-5-7-13-28;/h8,11,16,18,20H,4-7,9-10,12-15,17H2,1-3H3,(H2,23,25,26);1H. The number of aromatic nitrogens is 1. The Bertz CT molecular complexity index is 621. The van der Waals surface area contributed by atoms with Gasteiger partial charge in [-0.1, -0.05) is 0 Å². The van der Waals surface area contributed by atoms with Crippen molar-refractivity contribution in [3.63, 3.8) is 0 Å². The first-order valence-electron chi connectivity index (χ1n) is 11.1. The molecule has 0 spiro atoms. The van der Waals surface area contributed by atoms with Gasteiger partial charge in [0, 0.05) is 51.0 Å². The highest BCUT2D eigenvalue weighted by Crippen LogP contribution is 2.19. The maximum Gasteiger partial charge on any atom is 0.191 e. The molecule has 2 aliphatic rings. The van der Waals surface area contributed by atoms with Crippen molar-refractivity contribution >= 4 is 35.8 Å². The Morgan fingerprint density at radius 2 is 1.90 bits per heavy atom. The lowest BCUT2D eigenvalue weighted by molar-refractivity contribution is 0.167. The molecule has 164 valence electrons. The van der Waals surface area contributed by atoms with E-state index >= 15 is 0 Å². The largest absolute Gasteiger partial charge is 0.357 e. The summed E-state index contributed by atoms with van der Waals surface area (Å²) in [5.41, 5.74) is 1.22. The van der Waals surface area contributed by atoms with E-state index in [0.29, 0.717) is 18.6 Å². The van der Waals surface area contributed by atoms with Crippen molar-refractivity contribution in [3.8, 4) is 0 Å². The van der Waals surface area contributed by atoms with Crippen LogP contribution in [-0.4, -0.2) is 60.7 Å². The molecule has 0 aromatic carbocycles. The van der Waals surface area contributed by atoms with Crippen molar-refractivity contribution in [2.24, 2.45) is 4.99 Å². The van der Waals surface area contributed by atoms with Crippen molar-refractivity contribution in [2.45, 2.75) is 71.5 Å². The summed E-state index contributed by atoms with van der Waals surface area (Å²) in [7, 11) is 0. The van der Waals surface area contributed by atoms with E-state index in [2.05, 4.69) is 58.3 Å². The smallest absolute Gasteiger partial charge is 0.191 e. The Hall–Kier alpha value is -1.09. The summed E-state index contributed by atoms with van der Waals surface area (Å²) >= 11 is 0. The van der Waals surface area contributed by atoms with Crippen molar-refractivity contribution in [3.05, 3.63) is 23.9 Å². The monoisotopic (exact) mass is 514 g/mol. The second-order valence-electron chi connectivity index (χ2n) is 8.31. The molecule has 2 saturated heterocycles. The van der Waals surface area contributed by atoms with E-state index in [0.717, 1.165) is 44.5 Å². The average Bonchev–Trinajstić information content (AvgIpc) is 2.73. The molecular formula is C22H39IN6. The second-order valence-corrected chi connectivity index (χ2v) is 8.31. The van der Waals surface area contributed by atoms with Crippen LogP contribution >= 0.6 is 24.0 Å². The molecule has 0 unspecified atom stereocenters. The zero-order valence-electron chi connectivity index (χ0n) is 18.4. The minimum Gasteiger partial charge on any atom is -0.357 e. The van der Waals surface area contributed by atoms with Crippen LogP contribution in [0, 0.1) is 0 Å². The van der Waals surface area contributed by atoms with Gasteiger partial charge in [0.1, 0.15) is 5.82 Å². The lowest BCUT2D eigenvalue weighted by Gasteiger charge is -2.35. The van der Waals surface area contributed by atoms with Gasteiger partial charge in [-0.15, -0.1) is 24.0 Å². The minimum atomic E-state index is 0. The summed E-state index contributed by atoms with van der Waals surface area (Å²) in [6.07, 6.45) is 8.17. The first kappa shape index (κ1) is 24.2. The van der Waals surface area contributed by atoms with E-state index in [-0.39, 0.29) is 24.0 Å². The van der Waals surface area contributed by atoms with Crippen molar-refractivity contribution in [1.82, 2.24) is 20.5 Å². The highest BCUT2D eigenvalue weighted by atomic mass is 127. The Labute approximate surface area is 194 Å². The average molecular weight is 515 g/mol. The molecule has 0 atom stereocenters. The topological polar surface area (TPSA) is 55.8 Å². The molecule has 0 saturated carbocycles. The maximum atomic E-state index is 4.85. The fourth-order valence-corrected chi connectivity index (χ4v) is 4.10. The molecule has 2 aliphatic heterocycles. The number of nitrogens with zero attached hydrogens (tertiary/aromatic N) is 4. The van der Waals surface area contributed by atoms with Crippen LogP contribution in [0.2, 0.25) is 0 Å². The number of rotatable bonds is 6. The third-order valence-electron chi connectivity index (χ3n) is 5.85. The lowest BCUT2D eigenvalue weighted by atomic mass is 10.0. The number of likely N-dealkylation sites (tertiary alicyclic amines) is 1. The van der Waals surface area contributed by atoms with E-state index in [1.54, 1.807) is 0 Å². The van der Waals surface area contributed by atoms with E-state index in [4.69, 9.17) is 4.99 Å². The molecule has 0 radical (unpaired) electrons. The van der Waals surface area contributed by atoms with Crippen LogP contribution in [0.1, 0.15) is 58.4 Å². The van der Waals surface area contributed by atoms with Crippen molar-refractivity contribution in [1.29, 1.82) is 0 Å². The van der Waals surface area contributed by atoms with Crippen molar-refractivity contribution < 1.29 is 0 Å². The molecule has 6 nitrogen and oxygen atoms in total. The molecule has 0 amide bonds. The number of guanidine groups is 1. The SMILES string of the molecule is CCNC(=NCc1ccnc(N2CCCCC2)c1)NC1CCN(C(C)C)CC1.I. The molecule has 2 N–H and O–H groups in total. The van der Waals surface area contributed by atoms with Gasteiger partial charge in [0.15, 0.2) is 5.96 Å². The molecule has 1 aromatic rings. The Balaban J connectivity index is 0.00000300. The van der Waals surface area contributed by atoms with Crippen LogP contribution in [-0.2, 0) is 6.54 Å². The summed E-state index contributed by atoms with van der Waals surface area (Å²) < 4.78 is 0. The molecular weight excluding hydrogens is 475 g/mol. The van der Waals surface area contributed by atoms with Gasteiger partial charge >= 0.3 is 0 Å². The maximum absolute atomic E-state index is 4.85. The number of hydrogen-bond donors (Lipinski definition) is 2. The summed E-state index contributed by atoms with van der Waals surface area (Å²) in [6, 6.07) is 5.44. The molecule has 3 rings (SSSR count). The van der Waals surface area contributed by atoms with Gasteiger partial charge in [0.25, 0.3) is 0 Å². The molecule has 7 heteroatoms. The Morgan fingerprint density at radius 3 is 2.55 bits per heavy atom. The third kappa shape index (κ3) is 7.59. The van der Waals surface area contributed by atoms with Gasteiger partial charge in [-0.25, -0.2) is 9.98 Å². The Kier molecular flexibility index (Phi) is 10.5. The zero-order valence-corrected chi connectivity index (χ0v) is 20.7. The van der Waals surface area contributed by atoms with Crippen LogP contribution < -0.4 is 15.5 Å². The molecule has 1 aromatic heterocycles. The number of anilines is 1. The summed E-state index contributed by atoms with van der Waals surface area (Å²) in [6.45, 7) is 12.8. The molecule has 0 aliphatic carbocycles. The van der Waals surface area contributed by atoms with E-state index < -0.39 is 0 Å². The van der Waals surface area contributed by atoms with E-state index in [1.165, 1.54) is 37.7 Å². The van der Waals surface area contributed by atoms with E-state index in [1.807, 2.05) is 6.20 Å². The number of halogens is 1. The number of aliphatic imine (C=N–C) groups is 1.